The quantitative estimate of drug-likeness (QED) is 0.649. The summed E-state index contributed by atoms with van der Waals surface area (Å²) in [6.07, 6.45) is 1.66. The number of imidazole rings is 1. The number of anilines is 2. The Hall–Kier alpha value is -2.50. The second-order valence-electron chi connectivity index (χ2n) is 5.18. The van der Waals surface area contributed by atoms with E-state index in [-0.39, 0.29) is 18.3 Å². The second-order valence-corrected chi connectivity index (χ2v) is 5.58. The number of nitrogen functional groups attached to an aromatic ring is 1. The summed E-state index contributed by atoms with van der Waals surface area (Å²) < 4.78 is 0. The minimum Gasteiger partial charge on any atom is -0.369 e. The van der Waals surface area contributed by atoms with Gasteiger partial charge in [-0.3, -0.25) is 4.79 Å². The zero-order valence-electron chi connectivity index (χ0n) is 12.8. The average molecular weight is 363 g/mol. The molecule has 1 heterocycles. The van der Waals surface area contributed by atoms with Gasteiger partial charge in [-0.05, 0) is 42.3 Å². The van der Waals surface area contributed by atoms with E-state index < -0.39 is 0 Å². The van der Waals surface area contributed by atoms with Crippen molar-refractivity contribution in [1.29, 1.82) is 0 Å². The van der Waals surface area contributed by atoms with Crippen molar-refractivity contribution in [2.75, 3.05) is 11.1 Å². The molecule has 3 aromatic rings. The Kier molecular flexibility index (Phi) is 5.49. The van der Waals surface area contributed by atoms with Gasteiger partial charge in [0, 0.05) is 16.3 Å². The highest BCUT2D eigenvalue weighted by atomic mass is 35.5. The number of aryl methyl sites for hydroxylation is 1. The van der Waals surface area contributed by atoms with Crippen LogP contribution in [0.2, 0.25) is 5.02 Å². The van der Waals surface area contributed by atoms with Crippen molar-refractivity contribution in [2.45, 2.75) is 6.92 Å². The van der Waals surface area contributed by atoms with Gasteiger partial charge >= 0.3 is 0 Å². The fourth-order valence-electron chi connectivity index (χ4n) is 2.15. The molecule has 5 nitrogen and oxygen atoms in total. The van der Waals surface area contributed by atoms with Gasteiger partial charge in [0.15, 0.2) is 5.95 Å². The first-order valence-corrected chi connectivity index (χ1v) is 7.39. The number of benzene rings is 2. The van der Waals surface area contributed by atoms with Crippen LogP contribution in [0.4, 0.5) is 11.6 Å². The first kappa shape index (κ1) is 17.8. The molecule has 3 rings (SSSR count). The van der Waals surface area contributed by atoms with Crippen LogP contribution in [0.3, 0.4) is 0 Å². The number of nitrogens with one attached hydrogen (secondary N) is 2. The number of hydrogen-bond donors (Lipinski definition) is 3. The van der Waals surface area contributed by atoms with Crippen LogP contribution in [-0.4, -0.2) is 15.9 Å². The number of hydrogen-bond acceptors (Lipinski definition) is 3. The minimum atomic E-state index is -0.203. The van der Waals surface area contributed by atoms with Crippen molar-refractivity contribution < 1.29 is 4.79 Å². The van der Waals surface area contributed by atoms with E-state index >= 15 is 0 Å². The van der Waals surface area contributed by atoms with Gasteiger partial charge in [0.1, 0.15) is 0 Å². The maximum Gasteiger partial charge on any atom is 0.255 e. The highest BCUT2D eigenvalue weighted by Crippen LogP contribution is 2.21. The van der Waals surface area contributed by atoms with Gasteiger partial charge < -0.3 is 16.0 Å². The van der Waals surface area contributed by atoms with Crippen LogP contribution >= 0.6 is 24.0 Å². The summed E-state index contributed by atoms with van der Waals surface area (Å²) in [7, 11) is 0. The van der Waals surface area contributed by atoms with Gasteiger partial charge in [0.25, 0.3) is 5.91 Å². The smallest absolute Gasteiger partial charge is 0.255 e. The Morgan fingerprint density at radius 2 is 1.92 bits per heavy atom. The average Bonchev–Trinajstić information content (AvgIpc) is 2.97. The molecule has 0 unspecified atom stereocenters. The highest BCUT2D eigenvalue weighted by molar-refractivity contribution is 6.31. The summed E-state index contributed by atoms with van der Waals surface area (Å²) >= 11 is 6.05. The zero-order chi connectivity index (χ0) is 16.4. The molecular formula is C17H16Cl2N4O. The number of aromatic amines is 1. The molecule has 24 heavy (non-hydrogen) atoms. The Morgan fingerprint density at radius 1 is 1.21 bits per heavy atom. The second kappa shape index (κ2) is 7.38. The van der Waals surface area contributed by atoms with Gasteiger partial charge in [-0.1, -0.05) is 29.8 Å². The molecule has 0 bridgehead atoms. The van der Waals surface area contributed by atoms with E-state index in [4.69, 9.17) is 17.3 Å². The monoisotopic (exact) mass is 362 g/mol. The summed E-state index contributed by atoms with van der Waals surface area (Å²) in [5.41, 5.74) is 9.48. The van der Waals surface area contributed by atoms with E-state index in [2.05, 4.69) is 15.3 Å². The maximum atomic E-state index is 12.2. The first-order chi connectivity index (χ1) is 11.0. The molecule has 1 aromatic heterocycles. The summed E-state index contributed by atoms with van der Waals surface area (Å²) in [5, 5.41) is 3.41. The molecule has 1 amide bonds. The number of nitrogens with zero attached hydrogens (tertiary/aromatic N) is 1. The Morgan fingerprint density at radius 3 is 2.50 bits per heavy atom. The predicted octanol–water partition coefficient (Wildman–Crippen LogP) is 4.29. The molecule has 0 radical (unpaired) electrons. The van der Waals surface area contributed by atoms with Gasteiger partial charge in [0.05, 0.1) is 11.9 Å². The van der Waals surface area contributed by atoms with Crippen LogP contribution in [0.15, 0.2) is 48.7 Å². The fraction of sp³-hybridized carbons (Fsp3) is 0.0588. The molecular weight excluding hydrogens is 347 g/mol. The molecule has 0 saturated carbocycles. The van der Waals surface area contributed by atoms with Crippen LogP contribution in [0.25, 0.3) is 11.3 Å². The van der Waals surface area contributed by atoms with Gasteiger partial charge in [0.2, 0.25) is 0 Å². The van der Waals surface area contributed by atoms with E-state index in [1.807, 2.05) is 37.3 Å². The number of halogens is 2. The molecule has 0 fully saturated rings. The normalized spacial score (nSPS) is 10.1. The third kappa shape index (κ3) is 3.88. The van der Waals surface area contributed by atoms with Crippen molar-refractivity contribution in [1.82, 2.24) is 9.97 Å². The number of carbonyl (C=O) groups excluding carboxylic acids is 1. The lowest BCUT2D eigenvalue weighted by Crippen LogP contribution is -2.11. The van der Waals surface area contributed by atoms with Crippen LogP contribution in [0.5, 0.6) is 0 Å². The Bertz CT molecular complexity index is 859. The van der Waals surface area contributed by atoms with Crippen molar-refractivity contribution >= 4 is 41.6 Å². The fourth-order valence-corrected chi connectivity index (χ4v) is 2.33. The molecule has 124 valence electrons. The summed E-state index contributed by atoms with van der Waals surface area (Å²) in [5.74, 6) is 0.166. The number of H-pyrrole nitrogens is 1. The van der Waals surface area contributed by atoms with Gasteiger partial charge in [-0.15, -0.1) is 12.4 Å². The van der Waals surface area contributed by atoms with E-state index in [0.29, 0.717) is 22.2 Å². The SMILES string of the molecule is Cc1ccc(C(=O)Nc2ccc(-c3cnc(N)[nH]3)cc2)cc1Cl.Cl. The zero-order valence-corrected chi connectivity index (χ0v) is 14.4. The summed E-state index contributed by atoms with van der Waals surface area (Å²) in [6, 6.07) is 12.6. The molecule has 0 aliphatic heterocycles. The van der Waals surface area contributed by atoms with Crippen molar-refractivity contribution in [3.63, 3.8) is 0 Å². The maximum absolute atomic E-state index is 12.2. The predicted molar refractivity (Wildman–Crippen MR) is 99.8 cm³/mol. The summed E-state index contributed by atoms with van der Waals surface area (Å²) in [6.45, 7) is 1.89. The number of aromatic nitrogens is 2. The molecule has 0 aliphatic carbocycles. The van der Waals surface area contributed by atoms with E-state index in [1.54, 1.807) is 18.3 Å². The van der Waals surface area contributed by atoms with Crippen LogP contribution < -0.4 is 11.1 Å². The molecule has 0 spiro atoms. The number of amides is 1. The van der Waals surface area contributed by atoms with Gasteiger partial charge in [-0.2, -0.15) is 0 Å². The topological polar surface area (TPSA) is 83.8 Å². The lowest BCUT2D eigenvalue weighted by Gasteiger charge is -2.07. The summed E-state index contributed by atoms with van der Waals surface area (Å²) in [4.78, 5) is 19.1. The van der Waals surface area contributed by atoms with E-state index in [1.165, 1.54) is 0 Å². The van der Waals surface area contributed by atoms with Crippen molar-refractivity contribution in [2.24, 2.45) is 0 Å². The molecule has 0 atom stereocenters. The molecule has 7 heteroatoms. The van der Waals surface area contributed by atoms with Gasteiger partial charge in [-0.25, -0.2) is 4.98 Å². The van der Waals surface area contributed by atoms with Crippen molar-refractivity contribution in [3.8, 4) is 11.3 Å². The molecule has 0 aliphatic rings. The largest absolute Gasteiger partial charge is 0.369 e. The minimum absolute atomic E-state index is 0. The standard InChI is InChI=1S/C17H15ClN4O.ClH/c1-10-2-3-12(8-14(10)18)16(23)21-13-6-4-11(5-7-13)15-9-20-17(19)22-15;/h2-9H,1H3,(H,21,23)(H3,19,20,22);1H. The van der Waals surface area contributed by atoms with Crippen LogP contribution in [0.1, 0.15) is 15.9 Å². The van der Waals surface area contributed by atoms with Crippen LogP contribution in [-0.2, 0) is 0 Å². The first-order valence-electron chi connectivity index (χ1n) is 7.01. The lowest BCUT2D eigenvalue weighted by atomic mass is 10.1. The van der Waals surface area contributed by atoms with Crippen molar-refractivity contribution in [3.05, 3.63) is 64.8 Å². The highest BCUT2D eigenvalue weighted by Gasteiger charge is 2.08. The molecule has 0 saturated heterocycles. The third-order valence-electron chi connectivity index (χ3n) is 3.48. The lowest BCUT2D eigenvalue weighted by molar-refractivity contribution is 0.102. The molecule has 2 aromatic carbocycles. The molecule has 4 N–H and O–H groups in total. The van der Waals surface area contributed by atoms with E-state index in [0.717, 1.165) is 16.8 Å². The van der Waals surface area contributed by atoms with E-state index in [9.17, 15) is 4.79 Å². The Labute approximate surface area is 150 Å². The number of rotatable bonds is 3. The number of carbonyl (C=O) groups is 1. The van der Waals surface area contributed by atoms with Crippen LogP contribution in [0, 0.1) is 6.92 Å². The number of nitrogens with two attached hydrogens (primary N) is 1. The third-order valence-corrected chi connectivity index (χ3v) is 3.89. The Balaban J connectivity index is 0.00000208.